The van der Waals surface area contributed by atoms with Gasteiger partial charge in [0.1, 0.15) is 12.1 Å². The van der Waals surface area contributed by atoms with Gasteiger partial charge in [-0.05, 0) is 6.42 Å². The van der Waals surface area contributed by atoms with Crippen molar-refractivity contribution < 1.29 is 44.7 Å². The van der Waals surface area contributed by atoms with Gasteiger partial charge in [0.25, 0.3) is 0 Å². The lowest BCUT2D eigenvalue weighted by atomic mass is 10.2. The second-order valence-electron chi connectivity index (χ2n) is 3.60. The number of carboxylic acid groups (broad SMARTS) is 4. The fourth-order valence-electron chi connectivity index (χ4n) is 0.481. The number of hydrogen-bond acceptors (Lipinski definition) is 8. The molecule has 12 heteroatoms. The number of aliphatic carboxylic acids is 4. The first-order valence-corrected chi connectivity index (χ1v) is 5.70. The molecule has 130 valence electrons. The summed E-state index contributed by atoms with van der Waals surface area (Å²) >= 11 is 0. The van der Waals surface area contributed by atoms with Gasteiger partial charge in [-0.2, -0.15) is 0 Å². The maximum absolute atomic E-state index is 9.99. The molecule has 11 N–H and O–H groups in total. The van der Waals surface area contributed by atoms with Crippen LogP contribution in [0.2, 0.25) is 0 Å². The lowest BCUT2D eigenvalue weighted by molar-refractivity contribution is -0.141. The van der Waals surface area contributed by atoms with Crippen LogP contribution in [0.3, 0.4) is 0 Å². The normalized spacial score (nSPS) is 11.6. The van der Waals surface area contributed by atoms with Crippen molar-refractivity contribution in [2.75, 3.05) is 13.2 Å². The minimum atomic E-state index is -1.18. The number of aliphatic hydroxyl groups is 1. The van der Waals surface area contributed by atoms with Crippen LogP contribution in [0.15, 0.2) is 0 Å². The van der Waals surface area contributed by atoms with Crippen molar-refractivity contribution in [2.45, 2.75) is 24.9 Å². The van der Waals surface area contributed by atoms with Crippen molar-refractivity contribution in [3.8, 4) is 0 Å². The Bertz CT molecular complexity index is 362. The second kappa shape index (κ2) is 15.1. The van der Waals surface area contributed by atoms with Crippen LogP contribution in [0.1, 0.15) is 12.8 Å². The van der Waals surface area contributed by atoms with Crippen molar-refractivity contribution in [2.24, 2.45) is 17.2 Å². The first-order valence-electron chi connectivity index (χ1n) is 5.70. The third kappa shape index (κ3) is 22.9. The summed E-state index contributed by atoms with van der Waals surface area (Å²) in [5.74, 6) is -4.34. The molecule has 0 aromatic carbocycles. The van der Waals surface area contributed by atoms with Gasteiger partial charge in [-0.1, -0.05) is 0 Å². The minimum Gasteiger partial charge on any atom is -0.481 e. The minimum absolute atomic E-state index is 0.0231. The highest BCUT2D eigenvalue weighted by Crippen LogP contribution is 1.93. The van der Waals surface area contributed by atoms with Crippen LogP contribution < -0.4 is 17.2 Å². The molecule has 0 aliphatic carbocycles. The summed E-state index contributed by atoms with van der Waals surface area (Å²) in [4.78, 5) is 38.8. The molecule has 2 atom stereocenters. The lowest BCUT2D eigenvalue weighted by Gasteiger charge is -2.01. The van der Waals surface area contributed by atoms with Crippen LogP contribution in [-0.4, -0.2) is 74.6 Å². The highest BCUT2D eigenvalue weighted by atomic mass is 16.4. The molecule has 0 saturated carbocycles. The van der Waals surface area contributed by atoms with E-state index < -0.39 is 42.6 Å². The van der Waals surface area contributed by atoms with Crippen molar-refractivity contribution >= 4 is 23.9 Å². The van der Waals surface area contributed by atoms with E-state index in [2.05, 4.69) is 5.73 Å². The van der Waals surface area contributed by atoms with Crippen LogP contribution in [0.4, 0.5) is 0 Å². The largest absolute Gasteiger partial charge is 0.481 e. The maximum atomic E-state index is 9.99. The van der Waals surface area contributed by atoms with Crippen LogP contribution in [-0.2, 0) is 19.2 Å². The third-order valence-corrected chi connectivity index (χ3v) is 1.67. The van der Waals surface area contributed by atoms with E-state index in [-0.39, 0.29) is 19.4 Å². The average Bonchev–Trinajstić information content (AvgIpc) is 2.44. The Morgan fingerprint density at radius 1 is 0.818 bits per heavy atom. The number of carboxylic acids is 4. The van der Waals surface area contributed by atoms with Gasteiger partial charge in [0.05, 0.1) is 13.2 Å². The number of rotatable bonds is 7. The molecule has 0 unspecified atom stereocenters. The van der Waals surface area contributed by atoms with Gasteiger partial charge in [0.2, 0.25) is 0 Å². The monoisotopic (exact) mass is 327 g/mol. The summed E-state index contributed by atoms with van der Waals surface area (Å²) in [6.07, 6.45) is -0.224. The first-order chi connectivity index (χ1) is 9.99. The van der Waals surface area contributed by atoms with Gasteiger partial charge in [-0.15, -0.1) is 0 Å². The van der Waals surface area contributed by atoms with Crippen molar-refractivity contribution in [3.05, 3.63) is 0 Å². The maximum Gasteiger partial charge on any atom is 0.322 e. The Labute approximate surface area is 125 Å². The van der Waals surface area contributed by atoms with E-state index in [4.69, 9.17) is 37.0 Å². The quantitative estimate of drug-likeness (QED) is 0.229. The van der Waals surface area contributed by atoms with Crippen molar-refractivity contribution in [1.29, 1.82) is 0 Å². The summed E-state index contributed by atoms with van der Waals surface area (Å²) in [6.45, 7) is -0.782. The molecular weight excluding hydrogens is 306 g/mol. The number of aliphatic hydroxyl groups excluding tert-OH is 1. The Morgan fingerprint density at radius 3 is 1.32 bits per heavy atom. The Hall–Kier alpha value is -2.28. The molecule has 0 aliphatic heterocycles. The van der Waals surface area contributed by atoms with Crippen molar-refractivity contribution in [3.63, 3.8) is 0 Å². The van der Waals surface area contributed by atoms with Crippen LogP contribution in [0.5, 0.6) is 0 Å². The summed E-state index contributed by atoms with van der Waals surface area (Å²) in [5.41, 5.74) is 14.3. The SMILES string of the molecule is NCC(=O)O.N[C@@H](CCC(=O)O)C(=O)O.N[C@@H](CO)C(=O)O. The highest BCUT2D eigenvalue weighted by Gasteiger charge is 2.12. The van der Waals surface area contributed by atoms with E-state index in [1.807, 2.05) is 0 Å². The van der Waals surface area contributed by atoms with Gasteiger partial charge in [0, 0.05) is 6.42 Å². The predicted octanol–water partition coefficient (Wildman–Crippen LogP) is -3.32. The van der Waals surface area contributed by atoms with E-state index in [9.17, 15) is 19.2 Å². The van der Waals surface area contributed by atoms with Crippen LogP contribution in [0.25, 0.3) is 0 Å². The van der Waals surface area contributed by atoms with E-state index in [1.54, 1.807) is 0 Å². The average molecular weight is 327 g/mol. The smallest absolute Gasteiger partial charge is 0.322 e. The zero-order chi connectivity index (χ0) is 18.3. The molecule has 0 aliphatic rings. The zero-order valence-electron chi connectivity index (χ0n) is 11.6. The fourth-order valence-corrected chi connectivity index (χ4v) is 0.481. The molecule has 0 aromatic heterocycles. The molecule has 0 spiro atoms. The molecule has 0 radical (unpaired) electrons. The molecule has 0 heterocycles. The Balaban J connectivity index is -0.000000263. The summed E-state index contributed by atoms with van der Waals surface area (Å²) in [7, 11) is 0. The number of carbonyl (C=O) groups is 4. The topological polar surface area (TPSA) is 247 Å². The van der Waals surface area contributed by atoms with Gasteiger partial charge in [-0.3, -0.25) is 19.2 Å². The van der Waals surface area contributed by atoms with E-state index in [1.165, 1.54) is 0 Å². The van der Waals surface area contributed by atoms with Gasteiger partial charge in [-0.25, -0.2) is 0 Å². The van der Waals surface area contributed by atoms with E-state index >= 15 is 0 Å². The Kier molecular flexibility index (Phi) is 17.0. The first kappa shape index (κ1) is 24.7. The number of hydrogen-bond donors (Lipinski definition) is 8. The molecular formula is C10H21N3O9. The van der Waals surface area contributed by atoms with Crippen LogP contribution >= 0.6 is 0 Å². The zero-order valence-corrected chi connectivity index (χ0v) is 11.6. The van der Waals surface area contributed by atoms with Crippen molar-refractivity contribution in [1.82, 2.24) is 0 Å². The van der Waals surface area contributed by atoms with E-state index in [0.29, 0.717) is 0 Å². The number of nitrogens with two attached hydrogens (primary N) is 3. The van der Waals surface area contributed by atoms with E-state index in [0.717, 1.165) is 0 Å². The molecule has 0 amide bonds. The third-order valence-electron chi connectivity index (χ3n) is 1.67. The Morgan fingerprint density at radius 2 is 1.18 bits per heavy atom. The molecule has 12 nitrogen and oxygen atoms in total. The lowest BCUT2D eigenvalue weighted by Crippen LogP contribution is -2.33. The second-order valence-corrected chi connectivity index (χ2v) is 3.60. The molecule has 0 bridgehead atoms. The summed E-state index contributed by atoms with van der Waals surface area (Å²) in [6, 6.07) is -2.18. The fraction of sp³-hybridized carbons (Fsp3) is 0.600. The molecule has 0 aromatic rings. The van der Waals surface area contributed by atoms with Gasteiger partial charge in [0.15, 0.2) is 0 Å². The molecule has 0 saturated heterocycles. The standard InChI is InChI=1S/C5H9NO4.C3H7NO3.C2H5NO2/c6-3(5(9)10)1-2-4(7)8;4-2(1-5)3(6)7;3-1-2(4)5/h3H,1-2,6H2,(H,7,8)(H,9,10);2,5H,1,4H2,(H,6,7);1,3H2,(H,4,5)/t3-;2-;/m00./s1. The summed E-state index contributed by atoms with van der Waals surface area (Å²) in [5, 5.41) is 39.8. The van der Waals surface area contributed by atoms with Gasteiger partial charge >= 0.3 is 23.9 Å². The summed E-state index contributed by atoms with van der Waals surface area (Å²) < 4.78 is 0. The van der Waals surface area contributed by atoms with Crippen LogP contribution in [0, 0.1) is 0 Å². The van der Waals surface area contributed by atoms with Gasteiger partial charge < -0.3 is 42.7 Å². The molecule has 0 fully saturated rings. The highest BCUT2D eigenvalue weighted by molar-refractivity contribution is 5.74. The molecule has 0 rings (SSSR count). The molecule has 22 heavy (non-hydrogen) atoms. The predicted molar refractivity (Wildman–Crippen MR) is 71.9 cm³/mol.